The number of pyridine rings is 2. The van der Waals surface area contributed by atoms with Gasteiger partial charge in [0.2, 0.25) is 0 Å². The molecular weight excluding hydrogens is 1050 g/mol. The molecule has 0 unspecified atom stereocenters. The largest absolute Gasteiger partial charge is 0.483 e. The van der Waals surface area contributed by atoms with Crippen molar-refractivity contribution in [2.24, 2.45) is 5.92 Å². The predicted molar refractivity (Wildman–Crippen MR) is 275 cm³/mol. The Labute approximate surface area is 406 Å². The third-order valence-corrected chi connectivity index (χ3v) is 16.4. The van der Waals surface area contributed by atoms with Gasteiger partial charge in [-0.3, -0.25) is 4.98 Å². The molecule has 0 fully saturated rings. The van der Waals surface area contributed by atoms with Gasteiger partial charge in [0.25, 0.3) is 0 Å². The van der Waals surface area contributed by atoms with E-state index in [1.54, 1.807) is 4.40 Å². The minimum Gasteiger partial charge on any atom is -0.483 e. The summed E-state index contributed by atoms with van der Waals surface area (Å²) in [5, 5.41) is 2.03. The molecule has 0 amide bonds. The van der Waals surface area contributed by atoms with Crippen LogP contribution in [0.4, 0.5) is 0 Å². The van der Waals surface area contributed by atoms with E-state index in [-0.39, 0.29) is 25.5 Å². The number of para-hydroxylation sites is 2. The third kappa shape index (κ3) is 9.51. The van der Waals surface area contributed by atoms with Crippen LogP contribution in [-0.4, -0.2) is 32.8 Å². The number of aromatic nitrogens is 4. The van der Waals surface area contributed by atoms with E-state index in [2.05, 4.69) is 197 Å². The Morgan fingerprint density at radius 1 is 0.727 bits per heavy atom. The molecular formula is C59H56GeIrN4O-2. The van der Waals surface area contributed by atoms with E-state index in [1.165, 1.54) is 11.1 Å². The first-order valence-corrected chi connectivity index (χ1v) is 30.0. The van der Waals surface area contributed by atoms with Crippen LogP contribution in [0.5, 0.6) is 0 Å². The van der Waals surface area contributed by atoms with Gasteiger partial charge >= 0.3 is 126 Å². The van der Waals surface area contributed by atoms with Crippen LogP contribution in [0.15, 0.2) is 162 Å². The molecule has 0 saturated carbocycles. The van der Waals surface area contributed by atoms with Crippen molar-refractivity contribution < 1.29 is 24.5 Å². The first-order chi connectivity index (χ1) is 31.2. The number of aryl methyl sites for hydroxylation is 1. The van der Waals surface area contributed by atoms with Crippen LogP contribution in [0.3, 0.4) is 0 Å². The molecule has 5 nitrogen and oxygen atoms in total. The molecule has 0 N–H and O–H groups in total. The van der Waals surface area contributed by atoms with E-state index in [4.69, 9.17) is 19.4 Å². The number of benzene rings is 6. The maximum Gasteiger partial charge on any atom is 0.141 e. The first kappa shape index (κ1) is 46.6. The number of hydrogen-bond acceptors (Lipinski definition) is 4. The Morgan fingerprint density at radius 2 is 1.38 bits per heavy atom. The Bertz CT molecular complexity index is 3230. The Morgan fingerprint density at radius 3 is 2.00 bits per heavy atom. The van der Waals surface area contributed by atoms with Crippen LogP contribution < -0.4 is 4.40 Å². The van der Waals surface area contributed by atoms with E-state index in [0.29, 0.717) is 11.6 Å². The molecule has 0 aliphatic heterocycles. The Kier molecular flexibility index (Phi) is 13.5. The molecule has 0 aliphatic rings. The summed E-state index contributed by atoms with van der Waals surface area (Å²) in [4.78, 5) is 14.7. The van der Waals surface area contributed by atoms with Gasteiger partial charge in [-0.05, 0) is 76.5 Å². The van der Waals surface area contributed by atoms with E-state index in [9.17, 15) is 0 Å². The first-order valence-electron chi connectivity index (χ1n) is 22.7. The van der Waals surface area contributed by atoms with Crippen LogP contribution >= 0.6 is 0 Å². The number of fused-ring (bicyclic) bond motifs is 4. The fourth-order valence-corrected chi connectivity index (χ4v) is 12.2. The van der Waals surface area contributed by atoms with E-state index < -0.39 is 13.3 Å². The molecule has 4 heterocycles. The van der Waals surface area contributed by atoms with Crippen LogP contribution in [0, 0.1) is 25.1 Å². The van der Waals surface area contributed by atoms with Gasteiger partial charge in [-0.15, -0.1) is 6.07 Å². The van der Waals surface area contributed by atoms with Gasteiger partial charge in [0.1, 0.15) is 11.3 Å². The summed E-state index contributed by atoms with van der Waals surface area (Å²) in [6, 6.07) is 56.3. The zero-order chi connectivity index (χ0) is 45.5. The molecule has 6 aromatic carbocycles. The van der Waals surface area contributed by atoms with Gasteiger partial charge < -0.3 is 14.0 Å². The maximum absolute atomic E-state index is 6.13. The molecule has 0 spiro atoms. The van der Waals surface area contributed by atoms with Crippen molar-refractivity contribution in [3.63, 3.8) is 0 Å². The van der Waals surface area contributed by atoms with Crippen molar-refractivity contribution in [3.05, 3.63) is 187 Å². The molecule has 0 aliphatic carbocycles. The molecule has 4 aromatic heterocycles. The normalized spacial score (nSPS) is 11.8. The predicted octanol–water partition coefficient (Wildman–Crippen LogP) is 15.0. The quantitative estimate of drug-likeness (QED) is 0.112. The minimum atomic E-state index is -1.86. The number of hydrogen-bond donors (Lipinski definition) is 0. The van der Waals surface area contributed by atoms with E-state index in [1.807, 2.05) is 36.4 Å². The monoisotopic (exact) mass is 1100 g/mol. The van der Waals surface area contributed by atoms with Gasteiger partial charge in [0, 0.05) is 36.6 Å². The van der Waals surface area contributed by atoms with Crippen molar-refractivity contribution in [1.29, 1.82) is 0 Å². The van der Waals surface area contributed by atoms with E-state index in [0.717, 1.165) is 90.0 Å². The maximum atomic E-state index is 6.13. The smallest absolute Gasteiger partial charge is 0.141 e. The average molecular weight is 1100 g/mol. The molecule has 0 bridgehead atoms. The standard InChI is InChI=1S/C41H32N3O.C18H24GeN.Ir/c1-26-14-13-21-36-37(26)33-22-29(25-42-40(33)45-36)39-43-34-19-11-12-20-35(34)44(39)38-31(27-15-7-5-8-16-27)23-30(41(2,3)4)24-32(38)28-17-9-6-10-18-28;1-14(2)11-16-12-18(15-9-7-6-8-10-15)20-13-17(16)19(3,4)5;/h5-24H,1-4H3;6-9,12-14H,11H2,1-5H3;/q2*-1;. The number of nitrogens with zero attached hydrogens (tertiary/aromatic N) is 4. The van der Waals surface area contributed by atoms with Gasteiger partial charge in [-0.2, -0.15) is 0 Å². The van der Waals surface area contributed by atoms with Gasteiger partial charge in [0.15, 0.2) is 0 Å². The van der Waals surface area contributed by atoms with Crippen LogP contribution in [0.25, 0.3) is 83.7 Å². The van der Waals surface area contributed by atoms with E-state index >= 15 is 0 Å². The second-order valence-electron chi connectivity index (χ2n) is 19.6. The topological polar surface area (TPSA) is 56.7 Å². The number of furan rings is 1. The zero-order valence-corrected chi connectivity index (χ0v) is 43.8. The molecule has 10 rings (SSSR count). The summed E-state index contributed by atoms with van der Waals surface area (Å²) >= 11 is -1.86. The summed E-state index contributed by atoms with van der Waals surface area (Å²) in [6.07, 6.45) is 6.58. The number of imidazole rings is 1. The van der Waals surface area contributed by atoms with Gasteiger partial charge in [-0.1, -0.05) is 111 Å². The molecule has 0 atom stereocenters. The second-order valence-corrected chi connectivity index (χ2v) is 30.1. The van der Waals surface area contributed by atoms with Crippen molar-refractivity contribution in [1.82, 2.24) is 19.5 Å². The molecule has 1 radical (unpaired) electrons. The zero-order valence-electron chi connectivity index (χ0n) is 39.3. The summed E-state index contributed by atoms with van der Waals surface area (Å²) in [7, 11) is 0. The molecule has 0 saturated heterocycles. The van der Waals surface area contributed by atoms with Crippen LogP contribution in [-0.2, 0) is 31.9 Å². The second kappa shape index (κ2) is 19.1. The van der Waals surface area contributed by atoms with Crippen molar-refractivity contribution >= 4 is 50.8 Å². The average Bonchev–Trinajstić information content (AvgIpc) is 3.88. The Hall–Kier alpha value is -5.92. The fourth-order valence-electron chi connectivity index (χ4n) is 8.85. The minimum absolute atomic E-state index is 0. The van der Waals surface area contributed by atoms with Gasteiger partial charge in [-0.25, -0.2) is 0 Å². The van der Waals surface area contributed by atoms with Crippen molar-refractivity contribution in [2.45, 2.75) is 70.6 Å². The molecule has 7 heteroatoms. The van der Waals surface area contributed by atoms with Crippen molar-refractivity contribution in [2.75, 3.05) is 0 Å². The summed E-state index contributed by atoms with van der Waals surface area (Å²) in [5.41, 5.74) is 15.8. The van der Waals surface area contributed by atoms with Crippen LogP contribution in [0.2, 0.25) is 17.3 Å². The molecule has 333 valence electrons. The molecule has 66 heavy (non-hydrogen) atoms. The van der Waals surface area contributed by atoms with Crippen LogP contribution in [0.1, 0.15) is 51.3 Å². The Balaban J connectivity index is 0.000000238. The fraction of sp³-hybridized carbons (Fsp3) is 0.203. The summed E-state index contributed by atoms with van der Waals surface area (Å²) in [5.74, 6) is 8.78. The number of rotatable bonds is 8. The summed E-state index contributed by atoms with van der Waals surface area (Å²) in [6.45, 7) is 13.5. The van der Waals surface area contributed by atoms with Crippen molar-refractivity contribution in [3.8, 4) is 50.6 Å². The third-order valence-electron chi connectivity index (χ3n) is 12.1. The van der Waals surface area contributed by atoms with Gasteiger partial charge in [0.05, 0.1) is 22.5 Å². The summed E-state index contributed by atoms with van der Waals surface area (Å²) < 4.78 is 9.97. The molecule has 10 aromatic rings. The SMILES string of the molecule is CC(C)Cc1cc(-c2[c-]cccc2)nc[c]1[Ge]([CH3])([CH3])[CH3].Cc1cccc2oc3n[c-]c(-c4nc5ccccc5n4-c4c(-c5ccccc5)cc(C(C)(C)C)cc4-c4ccccc4)cc3c12.[Ir].